The zero-order chi connectivity index (χ0) is 27.9. The Morgan fingerprint density at radius 2 is 1.47 bits per heavy atom. The molecular formula is C33H42Cl2NORu-. The second-order valence-electron chi connectivity index (χ2n) is 10.9. The molecule has 1 atom stereocenters. The van der Waals surface area contributed by atoms with E-state index in [1.54, 1.807) is 0 Å². The molecule has 1 fully saturated rings. The zero-order valence-electron chi connectivity index (χ0n) is 23.7. The summed E-state index contributed by atoms with van der Waals surface area (Å²) >= 11 is -1.77. The largest absolute Gasteiger partial charge is 0.517 e. The van der Waals surface area contributed by atoms with Crippen LogP contribution in [0.4, 0.5) is 5.69 Å². The van der Waals surface area contributed by atoms with Gasteiger partial charge in [0, 0.05) is 11.2 Å². The van der Waals surface area contributed by atoms with Crippen molar-refractivity contribution in [3.05, 3.63) is 102 Å². The first-order valence-electron chi connectivity index (χ1n) is 13.4. The van der Waals surface area contributed by atoms with Crippen molar-refractivity contribution >= 4 is 29.7 Å². The second kappa shape index (κ2) is 13.6. The van der Waals surface area contributed by atoms with Gasteiger partial charge in [0.2, 0.25) is 0 Å². The summed E-state index contributed by atoms with van der Waals surface area (Å²) in [4.78, 5) is 2.57. The van der Waals surface area contributed by atoms with E-state index in [1.807, 2.05) is 42.7 Å². The molecule has 0 N–H and O–H groups in total. The number of aryl methyl sites for hydroxylation is 2. The quantitative estimate of drug-likeness (QED) is 0.189. The molecule has 0 aromatic heterocycles. The molecule has 0 saturated carbocycles. The number of ether oxygens (including phenoxy) is 1. The molecule has 1 aliphatic rings. The number of nitrogens with zero attached hydrogens (tertiary/aromatic N) is 1. The van der Waals surface area contributed by atoms with Crippen molar-refractivity contribution in [2.24, 2.45) is 0 Å². The first-order chi connectivity index (χ1) is 18.0. The van der Waals surface area contributed by atoms with Crippen LogP contribution in [0.25, 0.3) is 0 Å². The fourth-order valence-corrected chi connectivity index (χ4v) is 7.19. The van der Waals surface area contributed by atoms with Crippen LogP contribution in [-0.2, 0) is 31.8 Å². The summed E-state index contributed by atoms with van der Waals surface area (Å²) in [6, 6.07) is 25.5. The maximum Gasteiger partial charge on any atom is 0.0140 e. The minimum absolute atomic E-state index is 0.0800. The Morgan fingerprint density at radius 1 is 0.895 bits per heavy atom. The van der Waals surface area contributed by atoms with Crippen LogP contribution in [0, 0.1) is 6.54 Å². The molecule has 4 rings (SSSR count). The normalized spacial score (nSPS) is 18.6. The fourth-order valence-electron chi connectivity index (χ4n) is 5.39. The van der Waals surface area contributed by atoms with E-state index in [2.05, 4.69) is 94.6 Å². The maximum absolute atomic E-state index is 5.82. The Bertz CT molecular complexity index is 1200. The van der Waals surface area contributed by atoms with Gasteiger partial charge in [-0.05, 0) is 44.2 Å². The van der Waals surface area contributed by atoms with Crippen LogP contribution in [0.3, 0.4) is 0 Å². The van der Waals surface area contributed by atoms with Crippen molar-refractivity contribution < 1.29 is 18.3 Å². The van der Waals surface area contributed by atoms with Gasteiger partial charge >= 0.3 is 97.8 Å². The summed E-state index contributed by atoms with van der Waals surface area (Å²) in [6.07, 6.45) is 3.44. The van der Waals surface area contributed by atoms with E-state index in [0.717, 1.165) is 30.6 Å². The van der Waals surface area contributed by atoms with E-state index in [4.69, 9.17) is 24.1 Å². The van der Waals surface area contributed by atoms with Gasteiger partial charge < -0.3 is 4.90 Å². The van der Waals surface area contributed by atoms with Crippen LogP contribution in [-0.4, -0.2) is 16.3 Å². The fraction of sp³-hybridized carbons (Fsp3) is 0.394. The van der Waals surface area contributed by atoms with Crippen LogP contribution in [0.2, 0.25) is 0 Å². The number of hydrogen-bond donors (Lipinski definition) is 0. The van der Waals surface area contributed by atoms with E-state index < -0.39 is 13.5 Å². The second-order valence-corrected chi connectivity index (χ2v) is 16.6. The summed E-state index contributed by atoms with van der Waals surface area (Å²) in [6.45, 7) is 18.1. The molecule has 0 aliphatic carbocycles. The van der Waals surface area contributed by atoms with Crippen LogP contribution in [0.5, 0.6) is 5.75 Å². The first-order valence-corrected chi connectivity index (χ1v) is 18.9. The van der Waals surface area contributed by atoms with Crippen molar-refractivity contribution in [3.8, 4) is 5.75 Å². The van der Waals surface area contributed by atoms with E-state index in [-0.39, 0.29) is 17.1 Å². The number of benzene rings is 3. The molecule has 38 heavy (non-hydrogen) atoms. The molecule has 5 heteroatoms. The average Bonchev–Trinajstić information content (AvgIpc) is 3.14. The average molecular weight is 641 g/mol. The van der Waals surface area contributed by atoms with Gasteiger partial charge in [-0.1, -0.05) is 74.9 Å². The van der Waals surface area contributed by atoms with Gasteiger partial charge in [-0.15, -0.1) is 5.41 Å². The third kappa shape index (κ3) is 7.71. The van der Waals surface area contributed by atoms with E-state index in [1.165, 1.54) is 22.4 Å². The monoisotopic (exact) mass is 640 g/mol. The summed E-state index contributed by atoms with van der Waals surface area (Å²) < 4.78 is 7.51. The Kier molecular flexibility index (Phi) is 11.1. The van der Waals surface area contributed by atoms with Gasteiger partial charge in [0.1, 0.15) is 0 Å². The molecule has 0 spiro atoms. The molecule has 0 bridgehead atoms. The molecule has 208 valence electrons. The minimum atomic E-state index is -1.77. The van der Waals surface area contributed by atoms with Crippen LogP contribution < -0.4 is 9.64 Å². The topological polar surface area (TPSA) is 12.5 Å². The van der Waals surface area contributed by atoms with Gasteiger partial charge in [-0.25, -0.2) is 6.54 Å². The van der Waals surface area contributed by atoms with Crippen molar-refractivity contribution in [1.29, 1.82) is 0 Å². The van der Waals surface area contributed by atoms with Crippen LogP contribution in [0.1, 0.15) is 77.1 Å². The third-order valence-electron chi connectivity index (χ3n) is 6.97. The summed E-state index contributed by atoms with van der Waals surface area (Å²) in [7, 11) is 11.6. The SMILES string of the molecule is CC(C)Oc1ccccc1[CH]=[Ru]([Cl])[Cl].CCc1cccc(CC)c1N1[CH-][C@@](C)(c2ccccc2)CC1(C)C. The van der Waals surface area contributed by atoms with Crippen molar-refractivity contribution in [2.75, 3.05) is 4.90 Å². The molecule has 1 heterocycles. The molecule has 3 aromatic rings. The Morgan fingerprint density at radius 3 is 2.03 bits per heavy atom. The summed E-state index contributed by atoms with van der Waals surface area (Å²) in [5.74, 6) is 0.850. The molecule has 2 nitrogen and oxygen atoms in total. The van der Waals surface area contributed by atoms with Gasteiger partial charge in [0.15, 0.2) is 0 Å². The Balaban J connectivity index is 0.000000244. The van der Waals surface area contributed by atoms with Crippen molar-refractivity contribution in [3.63, 3.8) is 0 Å². The van der Waals surface area contributed by atoms with Crippen molar-refractivity contribution in [2.45, 2.75) is 84.8 Å². The molecule has 0 radical (unpaired) electrons. The van der Waals surface area contributed by atoms with E-state index in [0.29, 0.717) is 0 Å². The van der Waals surface area contributed by atoms with E-state index >= 15 is 0 Å². The standard InChI is InChI=1S/C23H30N.C10H12O.2ClH.Ru/c1-6-18-12-11-13-19(7-2)21(18)24-17-23(5,16-22(24,3)4)20-14-9-8-10-15-20;1-8(2)11-10-7-5-4-6-9(10)3;;;/h8-15,17H,6-7,16H2,1-5H3;3-8H,1-2H3;2*1H;/q-1;;;;+2/p-2/t23-;;;;/m0..../s1. The molecular weight excluding hydrogens is 598 g/mol. The predicted octanol–water partition coefficient (Wildman–Crippen LogP) is 9.47. The Hall–Kier alpha value is -1.67. The summed E-state index contributed by atoms with van der Waals surface area (Å²) in [5, 5.41) is 0. The third-order valence-corrected chi connectivity index (χ3v) is 8.81. The van der Waals surface area contributed by atoms with Crippen LogP contribution >= 0.6 is 19.4 Å². The molecule has 0 unspecified atom stereocenters. The first kappa shape index (κ1) is 30.9. The van der Waals surface area contributed by atoms with Crippen molar-refractivity contribution in [1.82, 2.24) is 0 Å². The molecule has 0 amide bonds. The maximum atomic E-state index is 5.82. The molecule has 1 aliphatic heterocycles. The molecule has 1 saturated heterocycles. The van der Waals surface area contributed by atoms with Gasteiger partial charge in [0.05, 0.1) is 0 Å². The van der Waals surface area contributed by atoms with Gasteiger partial charge in [-0.2, -0.15) is 0 Å². The predicted molar refractivity (Wildman–Crippen MR) is 164 cm³/mol. The van der Waals surface area contributed by atoms with Gasteiger partial charge in [0.25, 0.3) is 0 Å². The van der Waals surface area contributed by atoms with Crippen LogP contribution in [0.15, 0.2) is 72.8 Å². The zero-order valence-corrected chi connectivity index (χ0v) is 27.0. The van der Waals surface area contributed by atoms with E-state index in [9.17, 15) is 0 Å². The summed E-state index contributed by atoms with van der Waals surface area (Å²) in [5.41, 5.74) is 6.94. The number of anilines is 1. The number of para-hydroxylation sites is 2. The number of halogens is 2. The minimum Gasteiger partial charge on any atom is -0.517 e. The molecule has 3 aromatic carbocycles. The number of rotatable bonds is 7. The van der Waals surface area contributed by atoms with Gasteiger partial charge in [-0.3, -0.25) is 0 Å². The smallest absolute Gasteiger partial charge is 0.0140 e. The Labute approximate surface area is 243 Å². The number of hydrogen-bond acceptors (Lipinski definition) is 2.